The van der Waals surface area contributed by atoms with Crippen molar-refractivity contribution in [2.75, 3.05) is 6.54 Å². The van der Waals surface area contributed by atoms with Crippen LogP contribution in [0.25, 0.3) is 10.8 Å². The highest BCUT2D eigenvalue weighted by molar-refractivity contribution is 7.89. The topological polar surface area (TPSA) is 66.1 Å². The average Bonchev–Trinajstić information content (AvgIpc) is 3.25. The first-order chi connectivity index (χ1) is 11.2. The summed E-state index contributed by atoms with van der Waals surface area (Å²) < 4.78 is 27.7. The van der Waals surface area contributed by atoms with E-state index >= 15 is 0 Å². The van der Waals surface area contributed by atoms with Crippen LogP contribution in [0.1, 0.15) is 24.7 Å². The Morgan fingerprint density at radius 3 is 2.74 bits per heavy atom. The number of hydrogen-bond acceptors (Lipinski definition) is 3. The van der Waals surface area contributed by atoms with Gasteiger partial charge >= 0.3 is 0 Å². The molecule has 2 heterocycles. The van der Waals surface area contributed by atoms with Gasteiger partial charge in [0.2, 0.25) is 10.0 Å². The number of aromatic amines is 1. The van der Waals surface area contributed by atoms with Crippen LogP contribution in [-0.2, 0) is 10.0 Å². The van der Waals surface area contributed by atoms with Crippen LogP contribution in [0.2, 0.25) is 0 Å². The minimum absolute atomic E-state index is 0.207. The van der Waals surface area contributed by atoms with Crippen molar-refractivity contribution in [2.24, 2.45) is 0 Å². The third-order valence-electron chi connectivity index (χ3n) is 4.37. The predicted octanol–water partition coefficient (Wildman–Crippen LogP) is 3.09. The summed E-state index contributed by atoms with van der Waals surface area (Å²) in [6.45, 7) is 0.528. The minimum atomic E-state index is -3.53. The number of sulfonamides is 1. The third-order valence-corrected chi connectivity index (χ3v) is 6.27. The van der Waals surface area contributed by atoms with Gasteiger partial charge in [-0.3, -0.25) is 0 Å². The van der Waals surface area contributed by atoms with E-state index in [1.54, 1.807) is 28.8 Å². The molecule has 0 bridgehead atoms. The molecule has 0 radical (unpaired) electrons. The number of fused-ring (bicyclic) bond motifs is 1. The lowest BCUT2D eigenvalue weighted by molar-refractivity contribution is 0.385. The summed E-state index contributed by atoms with van der Waals surface area (Å²) >= 11 is 0. The number of nitrogens with one attached hydrogen (secondary N) is 1. The number of hydrogen-bond donors (Lipinski definition) is 1. The van der Waals surface area contributed by atoms with Crippen LogP contribution in [0, 0.1) is 0 Å². The molecule has 4 rings (SSSR count). The lowest BCUT2D eigenvalue weighted by Crippen LogP contribution is -2.31. The van der Waals surface area contributed by atoms with Gasteiger partial charge in [0.05, 0.1) is 10.9 Å². The van der Waals surface area contributed by atoms with Gasteiger partial charge in [0, 0.05) is 18.9 Å². The smallest absolute Gasteiger partial charge is 0.243 e. The highest BCUT2D eigenvalue weighted by Gasteiger charge is 2.37. The Morgan fingerprint density at radius 2 is 1.96 bits per heavy atom. The van der Waals surface area contributed by atoms with Crippen molar-refractivity contribution in [3.05, 3.63) is 60.7 Å². The van der Waals surface area contributed by atoms with Gasteiger partial charge in [0.25, 0.3) is 0 Å². The molecule has 0 amide bonds. The fourth-order valence-corrected chi connectivity index (χ4v) is 4.92. The maximum atomic E-state index is 13.1. The van der Waals surface area contributed by atoms with Crippen molar-refractivity contribution in [1.82, 2.24) is 14.3 Å². The van der Waals surface area contributed by atoms with Gasteiger partial charge in [-0.25, -0.2) is 13.4 Å². The van der Waals surface area contributed by atoms with Crippen molar-refractivity contribution >= 4 is 20.8 Å². The quantitative estimate of drug-likeness (QED) is 0.804. The summed E-state index contributed by atoms with van der Waals surface area (Å²) in [4.78, 5) is 7.63. The van der Waals surface area contributed by atoms with Crippen molar-refractivity contribution in [3.63, 3.8) is 0 Å². The average molecular weight is 327 g/mol. The summed E-state index contributed by atoms with van der Waals surface area (Å²) in [6, 6.07) is 12.9. The van der Waals surface area contributed by atoms with Crippen LogP contribution in [-0.4, -0.2) is 29.2 Å². The van der Waals surface area contributed by atoms with E-state index < -0.39 is 10.0 Å². The fraction of sp³-hybridized carbons (Fsp3) is 0.235. The second kappa shape index (κ2) is 5.47. The molecule has 1 aliphatic rings. The first-order valence-corrected chi connectivity index (χ1v) is 9.10. The summed E-state index contributed by atoms with van der Waals surface area (Å²) in [5.41, 5.74) is 0. The lowest BCUT2D eigenvalue weighted by atomic mass is 10.1. The zero-order chi connectivity index (χ0) is 15.9. The maximum absolute atomic E-state index is 13.1. The van der Waals surface area contributed by atoms with Crippen LogP contribution >= 0.6 is 0 Å². The van der Waals surface area contributed by atoms with Crippen LogP contribution in [0.4, 0.5) is 0 Å². The molecule has 1 N–H and O–H groups in total. The summed E-state index contributed by atoms with van der Waals surface area (Å²) in [5, 5.41) is 1.97. The molecule has 1 aliphatic heterocycles. The first-order valence-electron chi connectivity index (χ1n) is 7.66. The van der Waals surface area contributed by atoms with E-state index in [0.717, 1.165) is 23.6 Å². The van der Waals surface area contributed by atoms with E-state index in [1.165, 1.54) is 0 Å². The predicted molar refractivity (Wildman–Crippen MR) is 88.4 cm³/mol. The van der Waals surface area contributed by atoms with E-state index in [0.29, 0.717) is 17.3 Å². The molecule has 0 unspecified atom stereocenters. The van der Waals surface area contributed by atoms with Crippen molar-refractivity contribution < 1.29 is 8.42 Å². The highest BCUT2D eigenvalue weighted by Crippen LogP contribution is 2.35. The Kier molecular flexibility index (Phi) is 3.43. The molecule has 5 nitrogen and oxygen atoms in total. The van der Waals surface area contributed by atoms with Crippen LogP contribution in [0.15, 0.2) is 59.8 Å². The van der Waals surface area contributed by atoms with Gasteiger partial charge in [-0.15, -0.1) is 0 Å². The fourth-order valence-electron chi connectivity index (χ4n) is 3.22. The zero-order valence-corrected chi connectivity index (χ0v) is 13.3. The van der Waals surface area contributed by atoms with E-state index in [9.17, 15) is 8.42 Å². The summed E-state index contributed by atoms with van der Waals surface area (Å²) in [5.74, 6) is 0.715. The van der Waals surface area contributed by atoms with E-state index in [-0.39, 0.29) is 6.04 Å². The molecular weight excluding hydrogens is 310 g/mol. The van der Waals surface area contributed by atoms with Crippen molar-refractivity contribution in [2.45, 2.75) is 23.8 Å². The van der Waals surface area contributed by atoms with Crippen LogP contribution < -0.4 is 0 Å². The zero-order valence-electron chi connectivity index (χ0n) is 12.5. The van der Waals surface area contributed by atoms with Gasteiger partial charge in [-0.2, -0.15) is 4.31 Å². The number of nitrogens with zero attached hydrogens (tertiary/aromatic N) is 2. The van der Waals surface area contributed by atoms with Crippen LogP contribution in [0.5, 0.6) is 0 Å². The molecule has 1 fully saturated rings. The number of aromatic nitrogens is 2. The molecule has 3 aromatic rings. The van der Waals surface area contributed by atoms with Crippen molar-refractivity contribution in [1.29, 1.82) is 0 Å². The molecule has 0 saturated carbocycles. The van der Waals surface area contributed by atoms with Gasteiger partial charge in [-0.1, -0.05) is 30.3 Å². The highest BCUT2D eigenvalue weighted by atomic mass is 32.2. The molecule has 6 heteroatoms. The van der Waals surface area contributed by atoms with Crippen molar-refractivity contribution in [3.8, 4) is 0 Å². The Bertz CT molecular complexity index is 935. The minimum Gasteiger partial charge on any atom is -0.347 e. The standard InChI is InChI=1S/C17H17N3O2S/c21-23(22,15-8-7-13-4-1-2-5-14(13)12-15)20-11-3-6-16(20)17-18-9-10-19-17/h1-2,4-5,7-10,12,16H,3,6,11H2,(H,18,19)/t16-/m0/s1. The number of rotatable bonds is 3. The van der Waals surface area contributed by atoms with Gasteiger partial charge < -0.3 is 4.98 Å². The molecule has 1 atom stereocenters. The molecule has 0 aliphatic carbocycles. The monoisotopic (exact) mass is 327 g/mol. The molecular formula is C17H17N3O2S. The molecule has 1 aromatic heterocycles. The lowest BCUT2D eigenvalue weighted by Gasteiger charge is -2.22. The van der Waals surface area contributed by atoms with Crippen LogP contribution in [0.3, 0.4) is 0 Å². The Balaban J connectivity index is 1.76. The van der Waals surface area contributed by atoms with Gasteiger partial charge in [-0.05, 0) is 35.7 Å². The second-order valence-electron chi connectivity index (χ2n) is 5.76. The number of imidazole rings is 1. The molecule has 1 saturated heterocycles. The largest absolute Gasteiger partial charge is 0.347 e. The normalized spacial score (nSPS) is 19.4. The maximum Gasteiger partial charge on any atom is 0.243 e. The number of H-pyrrole nitrogens is 1. The third kappa shape index (κ3) is 2.44. The first kappa shape index (κ1) is 14.4. The molecule has 23 heavy (non-hydrogen) atoms. The summed E-state index contributed by atoms with van der Waals surface area (Å²) in [6.07, 6.45) is 5.03. The SMILES string of the molecule is O=S(=O)(c1ccc2ccccc2c1)N1CCC[C@H]1c1ncc[nH]1. The Morgan fingerprint density at radius 1 is 1.13 bits per heavy atom. The van der Waals surface area contributed by atoms with E-state index in [2.05, 4.69) is 9.97 Å². The Labute approximate surface area is 135 Å². The van der Waals surface area contributed by atoms with E-state index in [4.69, 9.17) is 0 Å². The Hall–Kier alpha value is -2.18. The molecule has 118 valence electrons. The number of benzene rings is 2. The molecule has 0 spiro atoms. The molecule has 2 aromatic carbocycles. The summed E-state index contributed by atoms with van der Waals surface area (Å²) in [7, 11) is -3.53. The van der Waals surface area contributed by atoms with Gasteiger partial charge in [0.1, 0.15) is 5.82 Å². The van der Waals surface area contributed by atoms with E-state index in [1.807, 2.05) is 30.3 Å². The van der Waals surface area contributed by atoms with Gasteiger partial charge in [0.15, 0.2) is 0 Å². The second-order valence-corrected chi connectivity index (χ2v) is 7.65.